The molecule has 2 aliphatic heterocycles. The summed E-state index contributed by atoms with van der Waals surface area (Å²) < 4.78 is 5.59. The average molecular weight is 479 g/mol. The number of nitrogens with zero attached hydrogens (tertiary/aromatic N) is 2. The van der Waals surface area contributed by atoms with Gasteiger partial charge < -0.3 is 10.1 Å². The maximum atomic E-state index is 5.59. The lowest BCUT2D eigenvalue weighted by Gasteiger charge is -2.41. The number of ether oxygens (including phenoxy) is 1. The lowest BCUT2D eigenvalue weighted by atomic mass is 10.00. The predicted molar refractivity (Wildman–Crippen MR) is 134 cm³/mol. The highest BCUT2D eigenvalue weighted by molar-refractivity contribution is 5.86. The van der Waals surface area contributed by atoms with Gasteiger partial charge in [-0.15, -0.1) is 37.2 Å². The Morgan fingerprint density at radius 1 is 1.07 bits per heavy atom. The van der Waals surface area contributed by atoms with Gasteiger partial charge in [-0.3, -0.25) is 9.80 Å². The minimum Gasteiger partial charge on any atom is -0.378 e. The molecule has 0 amide bonds. The number of hydrogen-bond donors (Lipinski definition) is 1. The Bertz CT molecular complexity index is 703. The normalized spacial score (nSPS) is 21.3. The molecule has 1 atom stereocenters. The van der Waals surface area contributed by atoms with Gasteiger partial charge >= 0.3 is 0 Å². The van der Waals surface area contributed by atoms with Crippen molar-refractivity contribution in [1.82, 2.24) is 15.1 Å². The maximum Gasteiger partial charge on any atom is 0.0646 e. The number of aryl methyl sites for hydroxylation is 2. The molecular weight excluding hydrogens is 441 g/mol. The van der Waals surface area contributed by atoms with Crippen LogP contribution in [0.2, 0.25) is 0 Å². The summed E-state index contributed by atoms with van der Waals surface area (Å²) in [6.07, 6.45) is 1.09. The molecule has 172 valence electrons. The largest absolute Gasteiger partial charge is 0.378 e. The second-order valence-corrected chi connectivity index (χ2v) is 8.65. The molecule has 2 fully saturated rings. The van der Waals surface area contributed by atoms with E-state index in [0.717, 1.165) is 58.9 Å². The lowest BCUT2D eigenvalue weighted by Crippen LogP contribution is -2.53. The molecule has 0 spiro atoms. The fourth-order valence-corrected chi connectivity index (χ4v) is 3.89. The number of morpholine rings is 1. The molecule has 0 aliphatic carbocycles. The van der Waals surface area contributed by atoms with Crippen LogP contribution in [0.3, 0.4) is 0 Å². The molecule has 0 bridgehead atoms. The van der Waals surface area contributed by atoms with E-state index in [-0.39, 0.29) is 42.8 Å². The standard InChI is InChI=1S/C23H35N3O.3ClH/c1-19-7-8-21(15-20(19)2)16-22-17-25(12-9-24-22)10-5-6-11-26-13-14-27-18-23(26,3)4;;;/h7-8,15,22,24H,9-14,16-18H2,1-4H3;3*1H/t22-;;;/m1.../s1. The Hall–Kier alpha value is -0.510. The number of hydrogen-bond acceptors (Lipinski definition) is 4. The van der Waals surface area contributed by atoms with Gasteiger partial charge in [-0.1, -0.05) is 30.0 Å². The van der Waals surface area contributed by atoms with E-state index in [0.29, 0.717) is 6.04 Å². The van der Waals surface area contributed by atoms with E-state index >= 15 is 0 Å². The summed E-state index contributed by atoms with van der Waals surface area (Å²) in [6, 6.07) is 7.36. The summed E-state index contributed by atoms with van der Waals surface area (Å²) in [6.45, 7) is 16.4. The minimum absolute atomic E-state index is 0. The summed E-state index contributed by atoms with van der Waals surface area (Å²) in [5.41, 5.74) is 4.28. The van der Waals surface area contributed by atoms with Crippen molar-refractivity contribution in [2.45, 2.75) is 45.7 Å². The van der Waals surface area contributed by atoms with Crippen LogP contribution in [0.25, 0.3) is 0 Å². The van der Waals surface area contributed by atoms with E-state index in [9.17, 15) is 0 Å². The van der Waals surface area contributed by atoms with Gasteiger partial charge in [-0.2, -0.15) is 0 Å². The van der Waals surface area contributed by atoms with Crippen LogP contribution in [0, 0.1) is 25.7 Å². The van der Waals surface area contributed by atoms with Gasteiger partial charge in [0, 0.05) is 37.8 Å². The van der Waals surface area contributed by atoms with Crippen molar-refractivity contribution >= 4 is 37.2 Å². The fraction of sp³-hybridized carbons (Fsp3) is 0.652. The highest BCUT2D eigenvalue weighted by Crippen LogP contribution is 2.18. The van der Waals surface area contributed by atoms with Crippen LogP contribution < -0.4 is 5.32 Å². The Balaban J connectivity index is 0.00000280. The molecule has 1 aromatic rings. The quantitative estimate of drug-likeness (QED) is 0.670. The summed E-state index contributed by atoms with van der Waals surface area (Å²) >= 11 is 0. The third kappa shape index (κ3) is 8.55. The van der Waals surface area contributed by atoms with Gasteiger partial charge in [0.15, 0.2) is 0 Å². The van der Waals surface area contributed by atoms with E-state index < -0.39 is 0 Å². The summed E-state index contributed by atoms with van der Waals surface area (Å²) in [5, 5.41) is 3.67. The summed E-state index contributed by atoms with van der Waals surface area (Å²) in [4.78, 5) is 4.92. The number of nitrogens with one attached hydrogen (secondary N) is 1. The Kier molecular flexibility index (Phi) is 13.6. The van der Waals surface area contributed by atoms with Crippen molar-refractivity contribution in [2.75, 3.05) is 52.5 Å². The van der Waals surface area contributed by atoms with Crippen molar-refractivity contribution < 1.29 is 4.74 Å². The van der Waals surface area contributed by atoms with Crippen LogP contribution >= 0.6 is 37.2 Å². The number of halogens is 3. The number of rotatable bonds is 4. The highest BCUT2D eigenvalue weighted by Gasteiger charge is 2.29. The third-order valence-corrected chi connectivity index (χ3v) is 5.91. The molecule has 1 aromatic carbocycles. The van der Waals surface area contributed by atoms with E-state index in [4.69, 9.17) is 4.74 Å². The zero-order chi connectivity index (χ0) is 19.3. The van der Waals surface area contributed by atoms with Crippen molar-refractivity contribution in [3.8, 4) is 11.8 Å². The van der Waals surface area contributed by atoms with E-state index in [1.165, 1.54) is 16.7 Å². The Morgan fingerprint density at radius 3 is 2.50 bits per heavy atom. The Morgan fingerprint density at radius 2 is 1.80 bits per heavy atom. The van der Waals surface area contributed by atoms with Crippen molar-refractivity contribution in [3.05, 3.63) is 34.9 Å². The monoisotopic (exact) mass is 477 g/mol. The van der Waals surface area contributed by atoms with E-state index in [1.54, 1.807) is 0 Å². The topological polar surface area (TPSA) is 27.7 Å². The minimum atomic E-state index is 0. The van der Waals surface area contributed by atoms with Crippen LogP contribution in [0.4, 0.5) is 0 Å². The molecule has 0 aromatic heterocycles. The molecule has 0 saturated carbocycles. The van der Waals surface area contributed by atoms with Crippen molar-refractivity contribution in [1.29, 1.82) is 0 Å². The van der Waals surface area contributed by atoms with Gasteiger partial charge in [0.05, 0.1) is 26.3 Å². The molecule has 4 nitrogen and oxygen atoms in total. The summed E-state index contributed by atoms with van der Waals surface area (Å²) in [5.74, 6) is 6.80. The van der Waals surface area contributed by atoms with Gasteiger partial charge in [-0.05, 0) is 50.8 Å². The van der Waals surface area contributed by atoms with Crippen molar-refractivity contribution in [3.63, 3.8) is 0 Å². The molecule has 0 radical (unpaired) electrons. The molecule has 3 rings (SSSR count). The van der Waals surface area contributed by atoms with Gasteiger partial charge in [0.2, 0.25) is 0 Å². The van der Waals surface area contributed by atoms with Crippen LogP contribution in [0.15, 0.2) is 18.2 Å². The number of piperazine rings is 1. The third-order valence-electron chi connectivity index (χ3n) is 5.91. The van der Waals surface area contributed by atoms with Crippen LogP contribution in [-0.4, -0.2) is 73.9 Å². The van der Waals surface area contributed by atoms with Gasteiger partial charge in [0.25, 0.3) is 0 Å². The zero-order valence-electron chi connectivity index (χ0n) is 18.7. The second kappa shape index (κ2) is 13.8. The predicted octanol–water partition coefficient (Wildman–Crippen LogP) is 3.50. The number of benzene rings is 1. The average Bonchev–Trinajstić information content (AvgIpc) is 2.63. The molecule has 7 heteroatoms. The first-order chi connectivity index (χ1) is 12.9. The fourth-order valence-electron chi connectivity index (χ4n) is 3.89. The van der Waals surface area contributed by atoms with Gasteiger partial charge in [0.1, 0.15) is 0 Å². The molecule has 1 N–H and O–H groups in total. The molecule has 2 aliphatic rings. The highest BCUT2D eigenvalue weighted by atomic mass is 35.5. The lowest BCUT2D eigenvalue weighted by molar-refractivity contribution is -0.0440. The molecule has 2 saturated heterocycles. The first kappa shape index (κ1) is 29.5. The first-order valence-corrected chi connectivity index (χ1v) is 10.2. The van der Waals surface area contributed by atoms with Gasteiger partial charge in [-0.25, -0.2) is 0 Å². The smallest absolute Gasteiger partial charge is 0.0646 e. The van der Waals surface area contributed by atoms with Crippen LogP contribution in [0.5, 0.6) is 0 Å². The maximum absolute atomic E-state index is 5.59. The van der Waals surface area contributed by atoms with E-state index in [1.807, 2.05) is 0 Å². The summed E-state index contributed by atoms with van der Waals surface area (Å²) in [7, 11) is 0. The zero-order valence-corrected chi connectivity index (χ0v) is 21.2. The molecule has 2 heterocycles. The molecular formula is C23H38Cl3N3O. The Labute approximate surface area is 201 Å². The first-order valence-electron chi connectivity index (χ1n) is 10.2. The van der Waals surface area contributed by atoms with E-state index in [2.05, 4.69) is 72.9 Å². The van der Waals surface area contributed by atoms with Crippen LogP contribution in [0.1, 0.15) is 30.5 Å². The van der Waals surface area contributed by atoms with Crippen molar-refractivity contribution in [2.24, 2.45) is 0 Å². The van der Waals surface area contributed by atoms with Crippen LogP contribution in [-0.2, 0) is 11.2 Å². The SMILES string of the molecule is Cc1ccc(C[C@@H]2CN(CC#CCN3CCOCC3(C)C)CCN2)cc1C.Cl.Cl.Cl. The molecule has 0 unspecified atom stereocenters. The molecule has 30 heavy (non-hydrogen) atoms. The second-order valence-electron chi connectivity index (χ2n) is 8.65.